The van der Waals surface area contributed by atoms with Crippen molar-refractivity contribution in [3.63, 3.8) is 0 Å². The van der Waals surface area contributed by atoms with Crippen LogP contribution in [-0.2, 0) is 31.0 Å². The Morgan fingerprint density at radius 2 is 1.86 bits per heavy atom. The second-order valence-corrected chi connectivity index (χ2v) is 13.2. The van der Waals surface area contributed by atoms with Crippen LogP contribution >= 0.6 is 0 Å². The third kappa shape index (κ3) is 5.73. The zero-order chi connectivity index (χ0) is 31.1. The largest absolute Gasteiger partial charge is 0.332 e. The normalized spacial score (nSPS) is 22.7. The van der Waals surface area contributed by atoms with Gasteiger partial charge in [0.05, 0.1) is 11.5 Å². The minimum absolute atomic E-state index is 0.0270. The van der Waals surface area contributed by atoms with Gasteiger partial charge in [-0.25, -0.2) is 4.39 Å². The molecule has 1 N–H and O–H groups in total. The third-order valence-corrected chi connectivity index (χ3v) is 8.94. The summed E-state index contributed by atoms with van der Waals surface area (Å²) in [6.45, 7) is 6.36. The number of halogens is 1. The molecule has 0 aliphatic carbocycles. The Morgan fingerprint density at radius 1 is 1.16 bits per heavy atom. The van der Waals surface area contributed by atoms with E-state index in [4.69, 9.17) is 0 Å². The molecule has 0 radical (unpaired) electrons. The van der Waals surface area contributed by atoms with Gasteiger partial charge in [0.25, 0.3) is 0 Å². The Bertz CT molecular complexity index is 1480. The maximum atomic E-state index is 14.4. The van der Waals surface area contributed by atoms with Crippen molar-refractivity contribution < 1.29 is 23.6 Å². The van der Waals surface area contributed by atoms with Crippen LogP contribution in [0.15, 0.2) is 48.5 Å². The summed E-state index contributed by atoms with van der Waals surface area (Å²) in [4.78, 5) is 59.3. The average Bonchev–Trinajstić information content (AvgIpc) is 3.65. The van der Waals surface area contributed by atoms with Gasteiger partial charge in [-0.15, -0.1) is 0 Å². The van der Waals surface area contributed by atoms with Gasteiger partial charge in [0.2, 0.25) is 23.6 Å². The summed E-state index contributed by atoms with van der Waals surface area (Å²) in [5.41, 5.74) is 0.717. The van der Waals surface area contributed by atoms with Crippen molar-refractivity contribution in [2.75, 3.05) is 25.5 Å². The van der Waals surface area contributed by atoms with Crippen molar-refractivity contribution in [2.24, 2.45) is 5.41 Å². The minimum atomic E-state index is -1.05. The lowest BCUT2D eigenvalue weighted by molar-refractivity contribution is -0.150. The highest BCUT2D eigenvalue weighted by atomic mass is 19.1. The van der Waals surface area contributed by atoms with Gasteiger partial charge in [-0.05, 0) is 47.6 Å². The van der Waals surface area contributed by atoms with E-state index in [2.05, 4.69) is 11.4 Å². The summed E-state index contributed by atoms with van der Waals surface area (Å²) < 4.78 is 13.6. The number of likely N-dealkylation sites (tertiary alicyclic amines) is 2. The summed E-state index contributed by atoms with van der Waals surface area (Å²) >= 11 is 0. The molecule has 0 saturated carbocycles. The van der Waals surface area contributed by atoms with Crippen LogP contribution in [0.25, 0.3) is 0 Å². The number of para-hydroxylation sites is 1. The molecule has 10 heteroatoms. The highest BCUT2D eigenvalue weighted by Crippen LogP contribution is 2.46. The van der Waals surface area contributed by atoms with Crippen molar-refractivity contribution in [1.82, 2.24) is 14.7 Å². The molecule has 5 rings (SSSR count). The number of rotatable bonds is 7. The van der Waals surface area contributed by atoms with Crippen LogP contribution < -0.4 is 5.32 Å². The number of hydrogen-bond donors (Lipinski definition) is 1. The first-order valence-electron chi connectivity index (χ1n) is 14.8. The molecule has 0 bridgehead atoms. The first kappa shape index (κ1) is 30.2. The predicted molar refractivity (Wildman–Crippen MR) is 158 cm³/mol. The topological polar surface area (TPSA) is 114 Å². The Labute approximate surface area is 251 Å². The van der Waals surface area contributed by atoms with Crippen LogP contribution in [0.4, 0.5) is 10.1 Å². The molecular weight excluding hydrogens is 549 g/mol. The molecule has 226 valence electrons. The van der Waals surface area contributed by atoms with E-state index in [1.807, 2.05) is 45.0 Å². The van der Waals surface area contributed by atoms with Gasteiger partial charge in [0, 0.05) is 45.1 Å². The summed E-state index contributed by atoms with van der Waals surface area (Å²) in [6, 6.07) is 12.7. The fourth-order valence-electron chi connectivity index (χ4n) is 6.71. The number of fused-ring (bicyclic) bond motifs is 2. The Kier molecular flexibility index (Phi) is 8.03. The predicted octanol–water partition coefficient (Wildman–Crippen LogP) is 3.64. The smallest absolute Gasteiger partial charge is 0.246 e. The van der Waals surface area contributed by atoms with Crippen LogP contribution in [0.5, 0.6) is 0 Å². The molecule has 4 atom stereocenters. The molecule has 2 aromatic carbocycles. The maximum absolute atomic E-state index is 14.4. The van der Waals surface area contributed by atoms with E-state index >= 15 is 0 Å². The second kappa shape index (κ2) is 11.4. The van der Waals surface area contributed by atoms with Gasteiger partial charge in [0.15, 0.2) is 0 Å². The number of carbonyl (C=O) groups is 4. The number of carbonyl (C=O) groups excluding carboxylic acids is 4. The first-order valence-corrected chi connectivity index (χ1v) is 14.8. The molecule has 0 aromatic heterocycles. The molecule has 0 unspecified atom stereocenters. The monoisotopic (exact) mass is 587 g/mol. The number of nitrogens with one attached hydrogen (secondary N) is 1. The molecular formula is C33H38FN5O4. The number of likely N-dealkylation sites (N-methyl/N-ethyl adjacent to an activating group) is 1. The van der Waals surface area contributed by atoms with Crippen LogP contribution in [0, 0.1) is 22.6 Å². The Morgan fingerprint density at radius 3 is 2.49 bits per heavy atom. The second-order valence-electron chi connectivity index (χ2n) is 13.2. The summed E-state index contributed by atoms with van der Waals surface area (Å²) in [5.74, 6) is -1.57. The van der Waals surface area contributed by atoms with Crippen LogP contribution in [0.1, 0.15) is 57.6 Å². The Hall–Kier alpha value is -4.26. The number of nitriles is 1. The quantitative estimate of drug-likeness (QED) is 0.532. The lowest BCUT2D eigenvalue weighted by atomic mass is 9.80. The van der Waals surface area contributed by atoms with Gasteiger partial charge in [-0.2, -0.15) is 5.26 Å². The molecule has 43 heavy (non-hydrogen) atoms. The van der Waals surface area contributed by atoms with Crippen molar-refractivity contribution in [1.29, 1.82) is 5.26 Å². The van der Waals surface area contributed by atoms with E-state index in [1.165, 1.54) is 21.9 Å². The van der Waals surface area contributed by atoms with Crippen LogP contribution in [-0.4, -0.2) is 76.6 Å². The van der Waals surface area contributed by atoms with Crippen molar-refractivity contribution in [3.05, 3.63) is 65.5 Å². The van der Waals surface area contributed by atoms with E-state index < -0.39 is 41.2 Å². The molecule has 3 heterocycles. The minimum Gasteiger partial charge on any atom is -0.332 e. The van der Waals surface area contributed by atoms with Crippen LogP contribution in [0.2, 0.25) is 0 Å². The highest BCUT2D eigenvalue weighted by molar-refractivity contribution is 6.07. The summed E-state index contributed by atoms with van der Waals surface area (Å²) in [6.07, 6.45) is 1.60. The van der Waals surface area contributed by atoms with Crippen molar-refractivity contribution in [3.8, 4) is 6.07 Å². The Balaban J connectivity index is 1.47. The van der Waals surface area contributed by atoms with Crippen LogP contribution in [0.3, 0.4) is 0 Å². The van der Waals surface area contributed by atoms with Gasteiger partial charge in [-0.3, -0.25) is 19.2 Å². The van der Waals surface area contributed by atoms with Crippen molar-refractivity contribution >= 4 is 29.3 Å². The lowest BCUT2D eigenvalue weighted by Gasteiger charge is -2.38. The van der Waals surface area contributed by atoms with E-state index in [0.717, 1.165) is 5.56 Å². The van der Waals surface area contributed by atoms with Gasteiger partial charge in [0.1, 0.15) is 23.9 Å². The van der Waals surface area contributed by atoms with E-state index in [0.29, 0.717) is 37.1 Å². The van der Waals surface area contributed by atoms with E-state index in [1.54, 1.807) is 24.1 Å². The molecule has 4 amide bonds. The van der Waals surface area contributed by atoms with E-state index in [-0.39, 0.29) is 36.6 Å². The number of hydrogen-bond acceptors (Lipinski definition) is 5. The number of nitrogens with zero attached hydrogens (tertiary/aromatic N) is 4. The number of amides is 4. The summed E-state index contributed by atoms with van der Waals surface area (Å²) in [7, 11) is 1.57. The third-order valence-electron chi connectivity index (χ3n) is 8.94. The first-order chi connectivity index (χ1) is 20.3. The highest BCUT2D eigenvalue weighted by Gasteiger charge is 2.57. The average molecular weight is 588 g/mol. The van der Waals surface area contributed by atoms with Gasteiger partial charge < -0.3 is 20.0 Å². The molecule has 2 aromatic rings. The number of benzene rings is 2. The maximum Gasteiger partial charge on any atom is 0.246 e. The number of anilines is 1. The molecule has 3 aliphatic heterocycles. The zero-order valence-corrected chi connectivity index (χ0v) is 25.1. The standard InChI is InChI=1S/C33H38FN5O4/c1-32(2,3)18-27(30(42)39-20-33(17-23(39)19-35)24-8-5-6-9-25(24)36-31(33)43)37(4)29(41)26(38-15-7-10-28(38)40)16-21-11-13-22(34)14-12-21/h5-6,8-9,11-14,23,26-27H,7,10,15-18,20H2,1-4H3,(H,36,43)/t23-,26-,27-,33-/m0/s1. The SMILES string of the molecule is CN(C(=O)[C@H](Cc1ccc(F)cc1)N1CCCC1=O)[C@@H](CC(C)(C)C)C(=O)N1C[C@]2(C[C@H]1C#N)C(=O)Nc1ccccc12. The van der Waals surface area contributed by atoms with E-state index in [9.17, 15) is 28.8 Å². The fraction of sp³-hybridized carbons (Fsp3) is 0.485. The fourth-order valence-corrected chi connectivity index (χ4v) is 6.71. The lowest BCUT2D eigenvalue weighted by Crippen LogP contribution is -2.57. The van der Waals surface area contributed by atoms with Gasteiger partial charge in [-0.1, -0.05) is 51.1 Å². The molecule has 2 fully saturated rings. The van der Waals surface area contributed by atoms with Gasteiger partial charge >= 0.3 is 0 Å². The molecule has 1 spiro atoms. The molecule has 2 saturated heterocycles. The van der Waals surface area contributed by atoms with Crippen molar-refractivity contribution in [2.45, 2.75) is 76.4 Å². The molecule has 9 nitrogen and oxygen atoms in total. The summed E-state index contributed by atoms with van der Waals surface area (Å²) in [5, 5.41) is 13.1. The molecule has 3 aliphatic rings. The zero-order valence-electron chi connectivity index (χ0n) is 25.1.